The number of carbonyl (C=O) groups is 1. The van der Waals surface area contributed by atoms with Crippen molar-refractivity contribution in [1.29, 1.82) is 0 Å². The maximum atomic E-state index is 11.9. The average Bonchev–Trinajstić information content (AvgIpc) is 2.41. The highest BCUT2D eigenvalue weighted by Gasteiger charge is 2.05. The van der Waals surface area contributed by atoms with Crippen LogP contribution in [0.15, 0.2) is 41.1 Å². The second-order valence-electron chi connectivity index (χ2n) is 4.87. The minimum atomic E-state index is 0.00929. The van der Waals surface area contributed by atoms with E-state index in [9.17, 15) is 4.79 Å². The number of amides is 1. The first-order valence-electron chi connectivity index (χ1n) is 6.52. The lowest BCUT2D eigenvalue weighted by atomic mass is 10.1. The number of hydrogen-bond donors (Lipinski definition) is 1. The van der Waals surface area contributed by atoms with E-state index in [0.717, 1.165) is 22.3 Å². The summed E-state index contributed by atoms with van der Waals surface area (Å²) in [7, 11) is 0. The fourth-order valence-electron chi connectivity index (χ4n) is 1.98. The van der Waals surface area contributed by atoms with Gasteiger partial charge in [-0.3, -0.25) is 4.79 Å². The van der Waals surface area contributed by atoms with Crippen LogP contribution < -0.4 is 5.32 Å². The Labute approximate surface area is 127 Å². The molecule has 1 N–H and O–H groups in total. The zero-order valence-electron chi connectivity index (χ0n) is 11.6. The molecule has 0 saturated heterocycles. The Morgan fingerprint density at radius 1 is 1.30 bits per heavy atom. The molecule has 1 aromatic heterocycles. The molecule has 0 aliphatic heterocycles. The van der Waals surface area contributed by atoms with Crippen molar-refractivity contribution in [3.05, 3.63) is 57.8 Å². The molecule has 0 aliphatic rings. The van der Waals surface area contributed by atoms with Crippen LogP contribution in [-0.4, -0.2) is 10.9 Å². The van der Waals surface area contributed by atoms with Gasteiger partial charge in [-0.05, 0) is 53.4 Å². The molecule has 2 rings (SSSR count). The number of benzene rings is 1. The summed E-state index contributed by atoms with van der Waals surface area (Å²) in [5, 5.41) is 2.87. The summed E-state index contributed by atoms with van der Waals surface area (Å²) < 4.78 is 0.801. The molecular formula is C16H17BrN2O. The third-order valence-electron chi connectivity index (χ3n) is 3.02. The molecule has 20 heavy (non-hydrogen) atoms. The first-order chi connectivity index (χ1) is 9.54. The molecule has 0 spiro atoms. The van der Waals surface area contributed by atoms with Crippen LogP contribution in [0.1, 0.15) is 23.1 Å². The molecule has 104 valence electrons. The summed E-state index contributed by atoms with van der Waals surface area (Å²) in [6.07, 6.45) is 2.87. The minimum absolute atomic E-state index is 0.00929. The van der Waals surface area contributed by atoms with Gasteiger partial charge in [-0.1, -0.05) is 29.8 Å². The maximum absolute atomic E-state index is 11.9. The molecular weight excluding hydrogens is 316 g/mol. The zero-order valence-corrected chi connectivity index (χ0v) is 13.2. The Morgan fingerprint density at radius 2 is 2.10 bits per heavy atom. The van der Waals surface area contributed by atoms with Gasteiger partial charge in [0.05, 0.1) is 11.9 Å². The van der Waals surface area contributed by atoms with Crippen LogP contribution >= 0.6 is 15.9 Å². The molecule has 1 aromatic carbocycles. The largest absolute Gasteiger partial charge is 0.325 e. The highest BCUT2D eigenvalue weighted by Crippen LogP contribution is 2.17. The molecule has 1 heterocycles. The van der Waals surface area contributed by atoms with E-state index in [-0.39, 0.29) is 5.91 Å². The van der Waals surface area contributed by atoms with Crippen molar-refractivity contribution in [2.45, 2.75) is 26.7 Å². The molecule has 2 aromatic rings. The smallest absolute Gasteiger partial charge is 0.224 e. The van der Waals surface area contributed by atoms with Crippen molar-refractivity contribution in [3.63, 3.8) is 0 Å². The summed E-state index contributed by atoms with van der Waals surface area (Å²) in [5.41, 5.74) is 4.14. The first kappa shape index (κ1) is 14.7. The summed E-state index contributed by atoms with van der Waals surface area (Å²) in [4.78, 5) is 16.1. The van der Waals surface area contributed by atoms with Gasteiger partial charge >= 0.3 is 0 Å². The first-order valence-corrected chi connectivity index (χ1v) is 7.31. The van der Waals surface area contributed by atoms with E-state index in [4.69, 9.17) is 0 Å². The van der Waals surface area contributed by atoms with E-state index >= 15 is 0 Å². The lowest BCUT2D eigenvalue weighted by molar-refractivity contribution is -0.116. The highest BCUT2D eigenvalue weighted by molar-refractivity contribution is 9.10. The van der Waals surface area contributed by atoms with E-state index < -0.39 is 0 Å². The summed E-state index contributed by atoms with van der Waals surface area (Å²) in [6, 6.07) is 10.1. The third-order valence-corrected chi connectivity index (χ3v) is 3.85. The summed E-state index contributed by atoms with van der Waals surface area (Å²) in [6.45, 7) is 4.00. The van der Waals surface area contributed by atoms with Crippen molar-refractivity contribution in [2.24, 2.45) is 0 Å². The predicted molar refractivity (Wildman–Crippen MR) is 84.8 cm³/mol. The Kier molecular flexibility index (Phi) is 4.90. The molecule has 3 nitrogen and oxygen atoms in total. The molecule has 0 bridgehead atoms. The molecule has 0 radical (unpaired) electrons. The minimum Gasteiger partial charge on any atom is -0.325 e. The van der Waals surface area contributed by atoms with Gasteiger partial charge in [0, 0.05) is 6.42 Å². The molecule has 0 fully saturated rings. The SMILES string of the molecule is Cc1cccc(CCC(=O)Nc2cnc(Br)c(C)c2)c1. The van der Waals surface area contributed by atoms with Crippen molar-refractivity contribution in [1.82, 2.24) is 4.98 Å². The number of nitrogens with zero attached hydrogens (tertiary/aromatic N) is 1. The number of aromatic nitrogens is 1. The standard InChI is InChI=1S/C16H17BrN2O/c1-11-4-3-5-13(8-11)6-7-15(20)19-14-9-12(2)16(17)18-10-14/h3-5,8-10H,6-7H2,1-2H3,(H,19,20). The summed E-state index contributed by atoms with van der Waals surface area (Å²) >= 11 is 3.34. The number of anilines is 1. The fraction of sp³-hybridized carbons (Fsp3) is 0.250. The maximum Gasteiger partial charge on any atom is 0.224 e. The van der Waals surface area contributed by atoms with Gasteiger partial charge < -0.3 is 5.32 Å². The fourth-order valence-corrected chi connectivity index (χ4v) is 2.19. The Hall–Kier alpha value is -1.68. The Bertz CT molecular complexity index is 626. The molecule has 0 unspecified atom stereocenters. The normalized spacial score (nSPS) is 10.3. The van der Waals surface area contributed by atoms with Gasteiger partial charge in [-0.15, -0.1) is 0 Å². The topological polar surface area (TPSA) is 42.0 Å². The number of pyridine rings is 1. The second-order valence-corrected chi connectivity index (χ2v) is 5.62. The monoisotopic (exact) mass is 332 g/mol. The number of carbonyl (C=O) groups excluding carboxylic acids is 1. The van der Waals surface area contributed by atoms with Gasteiger partial charge in [0.2, 0.25) is 5.91 Å². The Morgan fingerprint density at radius 3 is 2.80 bits per heavy atom. The molecule has 4 heteroatoms. The lowest BCUT2D eigenvalue weighted by Crippen LogP contribution is -2.12. The second kappa shape index (κ2) is 6.66. The number of nitrogens with one attached hydrogen (secondary N) is 1. The van der Waals surface area contributed by atoms with Crippen LogP contribution in [0.25, 0.3) is 0 Å². The van der Waals surface area contributed by atoms with E-state index in [1.165, 1.54) is 11.1 Å². The van der Waals surface area contributed by atoms with Crippen molar-refractivity contribution < 1.29 is 4.79 Å². The van der Waals surface area contributed by atoms with Crippen LogP contribution in [0.3, 0.4) is 0 Å². The number of rotatable bonds is 4. The quantitative estimate of drug-likeness (QED) is 0.859. The van der Waals surface area contributed by atoms with E-state index in [1.54, 1.807) is 6.20 Å². The van der Waals surface area contributed by atoms with Crippen LogP contribution in [-0.2, 0) is 11.2 Å². The number of halogens is 1. The van der Waals surface area contributed by atoms with E-state index in [2.05, 4.69) is 45.3 Å². The van der Waals surface area contributed by atoms with Crippen LogP contribution in [0.2, 0.25) is 0 Å². The molecule has 0 atom stereocenters. The Balaban J connectivity index is 1.91. The van der Waals surface area contributed by atoms with Crippen molar-refractivity contribution in [3.8, 4) is 0 Å². The third kappa shape index (κ3) is 4.17. The average molecular weight is 333 g/mol. The van der Waals surface area contributed by atoms with Crippen LogP contribution in [0.5, 0.6) is 0 Å². The predicted octanol–water partition coefficient (Wildman–Crippen LogP) is 4.03. The highest BCUT2D eigenvalue weighted by atomic mass is 79.9. The van der Waals surface area contributed by atoms with Gasteiger partial charge in [0.15, 0.2) is 0 Å². The van der Waals surface area contributed by atoms with Crippen molar-refractivity contribution in [2.75, 3.05) is 5.32 Å². The molecule has 1 amide bonds. The van der Waals surface area contributed by atoms with Gasteiger partial charge in [0.25, 0.3) is 0 Å². The van der Waals surface area contributed by atoms with Crippen LogP contribution in [0, 0.1) is 13.8 Å². The number of aryl methyl sites for hydroxylation is 3. The molecule has 0 saturated carbocycles. The van der Waals surface area contributed by atoms with E-state index in [1.807, 2.05) is 25.1 Å². The van der Waals surface area contributed by atoms with Gasteiger partial charge in [0.1, 0.15) is 4.60 Å². The van der Waals surface area contributed by atoms with Gasteiger partial charge in [-0.2, -0.15) is 0 Å². The van der Waals surface area contributed by atoms with Gasteiger partial charge in [-0.25, -0.2) is 4.98 Å². The zero-order chi connectivity index (χ0) is 14.5. The van der Waals surface area contributed by atoms with E-state index in [0.29, 0.717) is 6.42 Å². The number of hydrogen-bond acceptors (Lipinski definition) is 2. The molecule has 0 aliphatic carbocycles. The summed E-state index contributed by atoms with van der Waals surface area (Å²) in [5.74, 6) is 0.00929. The van der Waals surface area contributed by atoms with Crippen LogP contribution in [0.4, 0.5) is 5.69 Å². The lowest BCUT2D eigenvalue weighted by Gasteiger charge is -2.07. The van der Waals surface area contributed by atoms with Crippen molar-refractivity contribution >= 4 is 27.5 Å².